The summed E-state index contributed by atoms with van der Waals surface area (Å²) in [6, 6.07) is 18.1. The molecule has 7 heteroatoms. The monoisotopic (exact) mass is 504 g/mol. The fourth-order valence-electron chi connectivity index (χ4n) is 4.58. The Bertz CT molecular complexity index is 1280. The van der Waals surface area contributed by atoms with Gasteiger partial charge in [0, 0.05) is 28.6 Å². The van der Waals surface area contributed by atoms with Gasteiger partial charge >= 0.3 is 0 Å². The number of hydrogen-bond acceptors (Lipinski definition) is 4. The van der Waals surface area contributed by atoms with E-state index >= 15 is 0 Å². The molecule has 1 aliphatic carbocycles. The molecule has 2 aromatic carbocycles. The lowest BCUT2D eigenvalue weighted by atomic mass is 10.1. The Kier molecular flexibility index (Phi) is 7.69. The number of pyridine rings is 1. The van der Waals surface area contributed by atoms with Crippen LogP contribution in [-0.4, -0.2) is 26.5 Å². The van der Waals surface area contributed by atoms with Crippen molar-refractivity contribution in [2.24, 2.45) is 0 Å². The highest BCUT2D eigenvalue weighted by Crippen LogP contribution is 2.28. The summed E-state index contributed by atoms with van der Waals surface area (Å²) in [6.07, 6.45) is 10.8. The van der Waals surface area contributed by atoms with Crippen LogP contribution in [0.4, 0.5) is 0 Å². The predicted octanol–water partition coefficient (Wildman–Crippen LogP) is 6.88. The van der Waals surface area contributed by atoms with Crippen LogP contribution >= 0.6 is 23.4 Å². The number of aromatic nitrogens is 3. The zero-order valence-corrected chi connectivity index (χ0v) is 21.2. The molecule has 0 aliphatic heterocycles. The second-order valence-corrected chi connectivity index (χ2v) is 10.5. The van der Waals surface area contributed by atoms with Gasteiger partial charge in [-0.3, -0.25) is 9.78 Å². The van der Waals surface area contributed by atoms with Gasteiger partial charge in [0.15, 0.2) is 5.16 Å². The summed E-state index contributed by atoms with van der Waals surface area (Å²) in [5, 5.41) is 4.92. The Morgan fingerprint density at radius 1 is 0.971 bits per heavy atom. The number of carbonyl (C=O) groups excluding carboxylic acids is 1. The van der Waals surface area contributed by atoms with Gasteiger partial charge in [0.2, 0.25) is 0 Å². The number of amides is 1. The lowest BCUT2D eigenvalue weighted by molar-refractivity contribution is 0.0933. The number of thioether (sulfide) groups is 1. The molecule has 5 nitrogen and oxygen atoms in total. The van der Waals surface area contributed by atoms with Gasteiger partial charge in [0.1, 0.15) is 0 Å². The van der Waals surface area contributed by atoms with Crippen LogP contribution in [0.2, 0.25) is 5.02 Å². The molecule has 1 saturated carbocycles. The van der Waals surface area contributed by atoms with Crippen LogP contribution in [0.1, 0.15) is 60.0 Å². The first-order chi connectivity index (χ1) is 17.2. The van der Waals surface area contributed by atoms with Crippen LogP contribution in [0.15, 0.2) is 72.1 Å². The van der Waals surface area contributed by atoms with Gasteiger partial charge in [-0.25, -0.2) is 4.98 Å². The summed E-state index contributed by atoms with van der Waals surface area (Å²) in [6.45, 7) is 0.662. The third kappa shape index (κ3) is 6.06. The molecule has 0 spiro atoms. The molecule has 0 unspecified atom stereocenters. The van der Waals surface area contributed by atoms with Crippen molar-refractivity contribution in [1.29, 1.82) is 0 Å². The Hall–Kier alpha value is -2.83. The number of nitrogens with zero attached hydrogens (tertiary/aromatic N) is 3. The van der Waals surface area contributed by atoms with Crippen LogP contribution in [0.5, 0.6) is 0 Å². The van der Waals surface area contributed by atoms with E-state index in [4.69, 9.17) is 16.6 Å². The molecule has 180 valence electrons. The highest BCUT2D eigenvalue weighted by Gasteiger charge is 2.16. The third-order valence-electron chi connectivity index (χ3n) is 6.54. The second-order valence-electron chi connectivity index (χ2n) is 9.12. The Morgan fingerprint density at radius 3 is 2.43 bits per heavy atom. The lowest BCUT2D eigenvalue weighted by Crippen LogP contribution is -2.34. The van der Waals surface area contributed by atoms with Crippen molar-refractivity contribution in [2.45, 2.75) is 62.0 Å². The number of benzene rings is 2. The zero-order chi connectivity index (χ0) is 24.0. The molecule has 4 aromatic rings. The maximum absolute atomic E-state index is 12.8. The van der Waals surface area contributed by atoms with E-state index in [1.165, 1.54) is 31.2 Å². The van der Waals surface area contributed by atoms with Crippen molar-refractivity contribution in [3.63, 3.8) is 0 Å². The third-order valence-corrected chi connectivity index (χ3v) is 7.84. The quantitative estimate of drug-likeness (QED) is 0.220. The highest BCUT2D eigenvalue weighted by atomic mass is 35.5. The maximum Gasteiger partial charge on any atom is 0.251 e. The van der Waals surface area contributed by atoms with Crippen LogP contribution in [0, 0.1) is 0 Å². The van der Waals surface area contributed by atoms with Crippen LogP contribution < -0.4 is 5.32 Å². The molecule has 35 heavy (non-hydrogen) atoms. The minimum absolute atomic E-state index is 0.0277. The number of imidazole rings is 1. The van der Waals surface area contributed by atoms with Crippen molar-refractivity contribution in [2.75, 3.05) is 0 Å². The van der Waals surface area contributed by atoms with E-state index in [-0.39, 0.29) is 5.91 Å². The molecule has 2 aromatic heterocycles. The average molecular weight is 505 g/mol. The Labute approximate surface area is 215 Å². The van der Waals surface area contributed by atoms with Gasteiger partial charge in [-0.2, -0.15) is 0 Å². The molecule has 5 rings (SSSR count). The maximum atomic E-state index is 12.8. The normalized spacial score (nSPS) is 14.7. The second kappa shape index (κ2) is 11.3. The first-order valence-electron chi connectivity index (χ1n) is 12.2. The molecule has 0 bridgehead atoms. The lowest BCUT2D eigenvalue weighted by Gasteiger charge is -2.16. The minimum atomic E-state index is 0.0277. The first kappa shape index (κ1) is 23.9. The molecule has 0 saturated heterocycles. The highest BCUT2D eigenvalue weighted by molar-refractivity contribution is 7.98. The van der Waals surface area contributed by atoms with E-state index < -0.39 is 0 Å². The van der Waals surface area contributed by atoms with Gasteiger partial charge in [0.25, 0.3) is 5.91 Å². The average Bonchev–Trinajstić information content (AvgIpc) is 3.02. The summed E-state index contributed by atoms with van der Waals surface area (Å²) in [5.74, 6) is 0.828. The van der Waals surface area contributed by atoms with Crippen LogP contribution in [0.3, 0.4) is 0 Å². The number of rotatable bonds is 7. The smallest absolute Gasteiger partial charge is 0.251 e. The molecular weight excluding hydrogens is 476 g/mol. The summed E-state index contributed by atoms with van der Waals surface area (Å²) < 4.78 is 2.20. The first-order valence-corrected chi connectivity index (χ1v) is 13.6. The molecule has 0 atom stereocenters. The standard InChI is InChI=1S/C28H29ClN4OS/c29-23-13-9-21(10-14-23)19-35-28-32-25-15-16-30-17-26(25)33(28)18-20-7-11-22(12-8-20)27(34)31-24-5-3-1-2-4-6-24/h7-17,24H,1-6,18-19H2,(H,31,34). The van der Waals surface area contributed by atoms with Crippen LogP contribution in [0.25, 0.3) is 11.0 Å². The number of carbonyl (C=O) groups is 1. The Morgan fingerprint density at radius 2 is 1.69 bits per heavy atom. The fraction of sp³-hybridized carbons (Fsp3) is 0.321. The van der Waals surface area contributed by atoms with E-state index in [2.05, 4.69) is 14.9 Å². The van der Waals surface area contributed by atoms with Crippen molar-refractivity contribution in [3.8, 4) is 0 Å². The largest absolute Gasteiger partial charge is 0.349 e. The summed E-state index contributed by atoms with van der Waals surface area (Å²) in [7, 11) is 0. The number of halogens is 1. The molecular formula is C28H29ClN4OS. The van der Waals surface area contributed by atoms with Crippen molar-refractivity contribution in [3.05, 3.63) is 88.7 Å². The molecule has 1 amide bonds. The van der Waals surface area contributed by atoms with Crippen molar-refractivity contribution in [1.82, 2.24) is 19.9 Å². The number of fused-ring (bicyclic) bond motifs is 1. The minimum Gasteiger partial charge on any atom is -0.349 e. The molecule has 1 aliphatic rings. The van der Waals surface area contributed by atoms with E-state index in [1.807, 2.05) is 60.8 Å². The summed E-state index contributed by atoms with van der Waals surface area (Å²) in [5.41, 5.74) is 4.96. The van der Waals surface area contributed by atoms with Gasteiger partial charge in [-0.05, 0) is 54.3 Å². The Balaban J connectivity index is 1.30. The van der Waals surface area contributed by atoms with Gasteiger partial charge in [-0.1, -0.05) is 73.3 Å². The van der Waals surface area contributed by atoms with Crippen LogP contribution in [-0.2, 0) is 12.3 Å². The van der Waals surface area contributed by atoms with E-state index in [9.17, 15) is 4.79 Å². The predicted molar refractivity (Wildman–Crippen MR) is 143 cm³/mol. The van der Waals surface area contributed by atoms with E-state index in [1.54, 1.807) is 18.0 Å². The SMILES string of the molecule is O=C(NC1CCCCCC1)c1ccc(Cn2c(SCc3ccc(Cl)cc3)nc3ccncc32)cc1. The summed E-state index contributed by atoms with van der Waals surface area (Å²) >= 11 is 7.73. The number of hydrogen-bond donors (Lipinski definition) is 1. The van der Waals surface area contributed by atoms with Gasteiger partial charge in [-0.15, -0.1) is 0 Å². The van der Waals surface area contributed by atoms with Gasteiger partial charge in [0.05, 0.1) is 23.8 Å². The molecule has 2 heterocycles. The number of nitrogens with one attached hydrogen (secondary N) is 1. The fourth-order valence-corrected chi connectivity index (χ4v) is 5.67. The van der Waals surface area contributed by atoms with Gasteiger partial charge < -0.3 is 9.88 Å². The van der Waals surface area contributed by atoms with E-state index in [0.29, 0.717) is 18.2 Å². The van der Waals surface area contributed by atoms with E-state index in [0.717, 1.165) is 45.4 Å². The molecule has 0 radical (unpaired) electrons. The van der Waals surface area contributed by atoms with Crippen molar-refractivity contribution >= 4 is 40.3 Å². The summed E-state index contributed by atoms with van der Waals surface area (Å²) in [4.78, 5) is 22.0. The topological polar surface area (TPSA) is 59.8 Å². The molecule has 1 fully saturated rings. The molecule has 1 N–H and O–H groups in total. The van der Waals surface area contributed by atoms with Crippen molar-refractivity contribution < 1.29 is 4.79 Å². The zero-order valence-electron chi connectivity index (χ0n) is 19.6.